The van der Waals surface area contributed by atoms with E-state index in [1.165, 1.54) is 0 Å². The first-order valence-electron chi connectivity index (χ1n) is 6.57. The minimum atomic E-state index is -0.207. The number of nitrogens with one attached hydrogen (secondary N) is 1. The summed E-state index contributed by atoms with van der Waals surface area (Å²) in [6, 6.07) is 0.332. The number of hydrogen-bond acceptors (Lipinski definition) is 8. The maximum absolute atomic E-state index is 5.54. The van der Waals surface area contributed by atoms with Crippen LogP contribution in [0.2, 0.25) is 0 Å². The number of hydrazine groups is 1. The summed E-state index contributed by atoms with van der Waals surface area (Å²) in [5.74, 6) is 5.48. The molecule has 0 atom stereocenters. The largest absolute Gasteiger partial charge is 0.463 e. The molecular formula is C12H23N5O3. The van der Waals surface area contributed by atoms with Crippen molar-refractivity contribution in [1.82, 2.24) is 15.0 Å². The van der Waals surface area contributed by atoms with E-state index in [9.17, 15) is 0 Å². The summed E-state index contributed by atoms with van der Waals surface area (Å²) in [4.78, 5) is 12.0. The maximum Gasteiger partial charge on any atom is 0.324 e. The van der Waals surface area contributed by atoms with E-state index in [0.717, 1.165) is 6.42 Å². The van der Waals surface area contributed by atoms with Crippen LogP contribution in [0.3, 0.4) is 0 Å². The predicted octanol–water partition coefficient (Wildman–Crippen LogP) is 1.14. The Kier molecular flexibility index (Phi) is 6.40. The smallest absolute Gasteiger partial charge is 0.324 e. The highest BCUT2D eigenvalue weighted by molar-refractivity contribution is 5.25. The molecule has 0 radical (unpaired) electrons. The minimum Gasteiger partial charge on any atom is -0.463 e. The van der Waals surface area contributed by atoms with Gasteiger partial charge < -0.3 is 14.2 Å². The molecule has 0 bridgehead atoms. The van der Waals surface area contributed by atoms with Crippen molar-refractivity contribution in [3.63, 3.8) is 0 Å². The van der Waals surface area contributed by atoms with Crippen LogP contribution in [-0.4, -0.2) is 40.4 Å². The normalized spacial score (nSPS) is 11.2. The van der Waals surface area contributed by atoms with Crippen molar-refractivity contribution >= 4 is 5.95 Å². The van der Waals surface area contributed by atoms with Gasteiger partial charge in [0, 0.05) is 0 Å². The molecule has 0 amide bonds. The summed E-state index contributed by atoms with van der Waals surface area (Å²) in [7, 11) is 0. The number of aromatic nitrogens is 3. The molecule has 1 heterocycles. The number of hydrogen-bond donors (Lipinski definition) is 2. The fourth-order valence-electron chi connectivity index (χ4n) is 1.21. The van der Waals surface area contributed by atoms with Gasteiger partial charge in [-0.25, -0.2) is 5.84 Å². The van der Waals surface area contributed by atoms with E-state index in [1.54, 1.807) is 0 Å². The molecule has 0 aliphatic rings. The molecule has 1 aromatic rings. The first-order chi connectivity index (χ1) is 9.44. The fourth-order valence-corrected chi connectivity index (χ4v) is 1.21. The van der Waals surface area contributed by atoms with Crippen LogP contribution < -0.4 is 20.7 Å². The number of nitrogens with two attached hydrogens (primary N) is 1. The average Bonchev–Trinajstić information content (AvgIpc) is 2.40. The summed E-state index contributed by atoms with van der Waals surface area (Å²) < 4.78 is 16.3. The van der Waals surface area contributed by atoms with Gasteiger partial charge in [0.15, 0.2) is 0 Å². The van der Waals surface area contributed by atoms with Gasteiger partial charge in [-0.1, -0.05) is 6.92 Å². The maximum atomic E-state index is 5.54. The van der Waals surface area contributed by atoms with E-state index in [4.69, 9.17) is 20.1 Å². The molecule has 1 aromatic heterocycles. The van der Waals surface area contributed by atoms with E-state index in [0.29, 0.717) is 19.8 Å². The zero-order valence-electron chi connectivity index (χ0n) is 12.5. The lowest BCUT2D eigenvalue weighted by Gasteiger charge is -2.19. The molecule has 8 heteroatoms. The number of anilines is 1. The molecule has 0 spiro atoms. The Hall–Kier alpha value is -1.67. The van der Waals surface area contributed by atoms with Gasteiger partial charge >= 0.3 is 12.0 Å². The average molecular weight is 285 g/mol. The first-order valence-corrected chi connectivity index (χ1v) is 6.57. The predicted molar refractivity (Wildman–Crippen MR) is 74.6 cm³/mol. The Labute approximate surface area is 119 Å². The lowest BCUT2D eigenvalue weighted by atomic mass is 10.2. The van der Waals surface area contributed by atoms with Gasteiger partial charge in [0.25, 0.3) is 0 Å². The highest BCUT2D eigenvalue weighted by Crippen LogP contribution is 2.13. The Bertz CT molecular complexity index is 409. The molecule has 8 nitrogen and oxygen atoms in total. The molecule has 114 valence electrons. The Morgan fingerprint density at radius 1 is 1.00 bits per heavy atom. The molecule has 1 rings (SSSR count). The molecular weight excluding hydrogens is 262 g/mol. The Morgan fingerprint density at radius 2 is 1.60 bits per heavy atom. The Morgan fingerprint density at radius 3 is 2.10 bits per heavy atom. The van der Waals surface area contributed by atoms with Gasteiger partial charge in [-0.15, -0.1) is 4.98 Å². The summed E-state index contributed by atoms with van der Waals surface area (Å²) in [6.45, 7) is 9.20. The highest BCUT2D eigenvalue weighted by Gasteiger charge is 2.11. The van der Waals surface area contributed by atoms with Gasteiger partial charge in [0.1, 0.15) is 6.61 Å². The summed E-state index contributed by atoms with van der Waals surface area (Å²) in [5.41, 5.74) is 2.14. The van der Waals surface area contributed by atoms with Crippen LogP contribution in [0.4, 0.5) is 5.95 Å². The molecule has 0 saturated carbocycles. The third-order valence-corrected chi connectivity index (χ3v) is 2.01. The lowest BCUT2D eigenvalue weighted by Crippen LogP contribution is -2.23. The molecule has 20 heavy (non-hydrogen) atoms. The van der Waals surface area contributed by atoms with Crippen LogP contribution in [0.1, 0.15) is 34.1 Å². The standard InChI is InChI=1S/C12H23N5O3/c1-5-6-18-10-14-9(17-13)15-11(16-10)19-7-8-20-12(2,3)4/h5-8,13H2,1-4H3,(H,14,15,16,17). The van der Waals surface area contributed by atoms with E-state index in [2.05, 4.69) is 20.4 Å². The van der Waals surface area contributed by atoms with Crippen LogP contribution in [-0.2, 0) is 4.74 Å². The molecule has 0 aromatic carbocycles. The number of ether oxygens (including phenoxy) is 3. The highest BCUT2D eigenvalue weighted by atomic mass is 16.5. The molecule has 0 unspecified atom stereocenters. The second-order valence-electron chi connectivity index (χ2n) is 5.03. The molecule has 0 fully saturated rings. The minimum absolute atomic E-state index is 0.150. The van der Waals surface area contributed by atoms with Gasteiger partial charge in [0.05, 0.1) is 18.8 Å². The second-order valence-corrected chi connectivity index (χ2v) is 5.03. The van der Waals surface area contributed by atoms with Gasteiger partial charge in [-0.3, -0.25) is 5.43 Å². The summed E-state index contributed by atoms with van der Waals surface area (Å²) in [6.07, 6.45) is 0.854. The monoisotopic (exact) mass is 285 g/mol. The van der Waals surface area contributed by atoms with Crippen molar-refractivity contribution in [2.75, 3.05) is 25.2 Å². The molecule has 0 saturated heterocycles. The third kappa shape index (κ3) is 6.48. The van der Waals surface area contributed by atoms with Crippen LogP contribution in [0.25, 0.3) is 0 Å². The zero-order valence-corrected chi connectivity index (χ0v) is 12.5. The van der Waals surface area contributed by atoms with Crippen LogP contribution in [0.15, 0.2) is 0 Å². The fraction of sp³-hybridized carbons (Fsp3) is 0.750. The lowest BCUT2D eigenvalue weighted by molar-refractivity contribution is -0.0174. The molecule has 0 aliphatic heterocycles. The third-order valence-electron chi connectivity index (χ3n) is 2.01. The van der Waals surface area contributed by atoms with E-state index in [-0.39, 0.29) is 23.6 Å². The van der Waals surface area contributed by atoms with E-state index < -0.39 is 0 Å². The summed E-state index contributed by atoms with van der Waals surface area (Å²) in [5, 5.41) is 0. The first kappa shape index (κ1) is 16.4. The van der Waals surface area contributed by atoms with Crippen molar-refractivity contribution in [1.29, 1.82) is 0 Å². The van der Waals surface area contributed by atoms with Crippen LogP contribution in [0, 0.1) is 0 Å². The number of nitrogen functional groups attached to an aromatic ring is 1. The van der Waals surface area contributed by atoms with Crippen molar-refractivity contribution in [3.8, 4) is 12.0 Å². The van der Waals surface area contributed by atoms with E-state index >= 15 is 0 Å². The number of rotatable bonds is 8. The second kappa shape index (κ2) is 7.81. The van der Waals surface area contributed by atoms with Crippen LogP contribution >= 0.6 is 0 Å². The molecule has 0 aliphatic carbocycles. The van der Waals surface area contributed by atoms with Gasteiger partial charge in [0.2, 0.25) is 5.95 Å². The topological polar surface area (TPSA) is 104 Å². The van der Waals surface area contributed by atoms with Crippen molar-refractivity contribution in [2.24, 2.45) is 5.84 Å². The van der Waals surface area contributed by atoms with Crippen molar-refractivity contribution in [2.45, 2.75) is 39.7 Å². The van der Waals surface area contributed by atoms with Crippen molar-refractivity contribution in [3.05, 3.63) is 0 Å². The SMILES string of the molecule is CCCOc1nc(NN)nc(OCCOC(C)(C)C)n1. The van der Waals surface area contributed by atoms with E-state index in [1.807, 2.05) is 27.7 Å². The number of nitrogens with zero attached hydrogens (tertiary/aromatic N) is 3. The Balaban J connectivity index is 2.55. The van der Waals surface area contributed by atoms with Crippen LogP contribution in [0.5, 0.6) is 12.0 Å². The van der Waals surface area contributed by atoms with Gasteiger partial charge in [-0.2, -0.15) is 9.97 Å². The van der Waals surface area contributed by atoms with Gasteiger partial charge in [-0.05, 0) is 27.2 Å². The zero-order chi connectivity index (χ0) is 15.0. The summed E-state index contributed by atoms with van der Waals surface area (Å²) >= 11 is 0. The quantitative estimate of drug-likeness (QED) is 0.416. The van der Waals surface area contributed by atoms with Crippen molar-refractivity contribution < 1.29 is 14.2 Å². The molecule has 3 N–H and O–H groups in total.